The molecule has 4 saturated heterocycles. The first-order valence-electron chi connectivity index (χ1n) is 31.8. The monoisotopic (exact) mass is 1270 g/mol. The summed E-state index contributed by atoms with van der Waals surface area (Å²) in [7, 11) is 0. The Morgan fingerprint density at radius 3 is 1.62 bits per heavy atom. The molecule has 9 fully saturated rings. The molecule has 5 saturated carbocycles. The number of aliphatic hydroxyl groups excluding tert-OH is 18. The second-order valence-electron chi connectivity index (χ2n) is 29.1. The minimum absolute atomic E-state index is 0.00364. The highest BCUT2D eigenvalue weighted by Gasteiger charge is 2.72. The third kappa shape index (κ3) is 12.7. The van der Waals surface area contributed by atoms with E-state index in [2.05, 4.69) is 40.7 Å². The number of hydrogen-bond acceptors (Lipinski definition) is 27. The van der Waals surface area contributed by atoms with Crippen LogP contribution >= 0.6 is 0 Å². The summed E-state index contributed by atoms with van der Waals surface area (Å²) >= 11 is 0. The first-order valence-corrected chi connectivity index (χ1v) is 31.8. The van der Waals surface area contributed by atoms with Crippen LogP contribution in [0.2, 0.25) is 0 Å². The summed E-state index contributed by atoms with van der Waals surface area (Å²) in [6, 6.07) is 0. The van der Waals surface area contributed by atoms with Crippen molar-refractivity contribution in [3.63, 3.8) is 0 Å². The lowest BCUT2D eigenvalue weighted by molar-refractivity contribution is -0.378. The van der Waals surface area contributed by atoms with Gasteiger partial charge in [0, 0.05) is 12.5 Å². The molecule has 510 valence electrons. The number of fused-ring (bicyclic) bond motifs is 5. The maximum Gasteiger partial charge on any atom is 0.187 e. The molecule has 9 aliphatic rings. The molecule has 18 N–H and O–H groups in total. The van der Waals surface area contributed by atoms with Crippen molar-refractivity contribution >= 4 is 0 Å². The summed E-state index contributed by atoms with van der Waals surface area (Å²) < 4.78 is 55.4. The van der Waals surface area contributed by atoms with Gasteiger partial charge in [-0.05, 0) is 130 Å². The van der Waals surface area contributed by atoms with E-state index in [4.69, 9.17) is 42.6 Å². The molecule has 9 rings (SSSR count). The van der Waals surface area contributed by atoms with Crippen molar-refractivity contribution in [1.29, 1.82) is 0 Å². The first-order chi connectivity index (χ1) is 41.2. The summed E-state index contributed by atoms with van der Waals surface area (Å²) in [4.78, 5) is 0. The molecule has 5 aliphatic carbocycles. The molecule has 88 heavy (non-hydrogen) atoms. The van der Waals surface area contributed by atoms with Gasteiger partial charge in [0.05, 0.1) is 56.4 Å². The van der Waals surface area contributed by atoms with Crippen LogP contribution in [0.3, 0.4) is 0 Å². The Balaban J connectivity index is 0.899. The minimum atomic E-state index is -1.85. The second-order valence-corrected chi connectivity index (χ2v) is 29.1. The molecule has 0 spiro atoms. The maximum absolute atomic E-state index is 12.9. The largest absolute Gasteiger partial charge is 0.396 e. The Morgan fingerprint density at radius 1 is 0.500 bits per heavy atom. The zero-order valence-corrected chi connectivity index (χ0v) is 51.8. The molecule has 27 nitrogen and oxygen atoms in total. The molecule has 35 atom stereocenters. The minimum Gasteiger partial charge on any atom is -0.396 e. The lowest BCUT2D eigenvalue weighted by Crippen LogP contribution is -2.68. The van der Waals surface area contributed by atoms with E-state index in [1.54, 1.807) is 0 Å². The Morgan fingerprint density at radius 2 is 1.02 bits per heavy atom. The quantitative estimate of drug-likeness (QED) is 0.0437. The van der Waals surface area contributed by atoms with E-state index >= 15 is 0 Å². The summed E-state index contributed by atoms with van der Waals surface area (Å²) in [5.74, 6) is -1.46. The lowest BCUT2D eigenvalue weighted by Gasteiger charge is -2.71. The van der Waals surface area contributed by atoms with Crippen molar-refractivity contribution in [1.82, 2.24) is 0 Å². The zero-order valence-electron chi connectivity index (χ0n) is 51.8. The zero-order chi connectivity index (χ0) is 64.7. The van der Waals surface area contributed by atoms with Gasteiger partial charge in [-0.1, -0.05) is 46.3 Å². The van der Waals surface area contributed by atoms with Crippen molar-refractivity contribution in [2.24, 2.45) is 51.2 Å². The SMILES string of the molecule is CC(C)=CCC[C@](C)(O[C@@H]1O[C@H](CO[C@@H]2O[C@H](CO[C@@H]3C[C@H](CO)[C@@H](O)[C@H](O)[C@H]3O)[C@@H](O)[C@H](O)[C@H]2O)[C@@H](O)[C@H](O)[C@H]1O)[C@@H]1CC[C@]2(C)[C@H]1[C@H](O)C[C@H]1[C@@]3(C)CC[C@H](O[C@@H]4O[C@H](CO)[C@@H](O)[C@H](O)[C@H]4O[C@@H]4O[C@H](CO)[C@@H](O)[C@H](O)[C@H]4O)C(C)(C)[C@H]3CC[C@@]12C. The first kappa shape index (κ1) is 71.0. The van der Waals surface area contributed by atoms with Crippen LogP contribution in [0.15, 0.2) is 11.6 Å². The van der Waals surface area contributed by atoms with Crippen molar-refractivity contribution in [2.75, 3.05) is 33.0 Å². The van der Waals surface area contributed by atoms with Crippen LogP contribution in [0.5, 0.6) is 0 Å². The highest BCUT2D eigenvalue weighted by atomic mass is 16.8. The van der Waals surface area contributed by atoms with E-state index in [1.807, 2.05) is 20.8 Å². The van der Waals surface area contributed by atoms with Gasteiger partial charge in [-0.2, -0.15) is 0 Å². The smallest absolute Gasteiger partial charge is 0.187 e. The van der Waals surface area contributed by atoms with Gasteiger partial charge >= 0.3 is 0 Å². The van der Waals surface area contributed by atoms with Crippen molar-refractivity contribution in [3.8, 4) is 0 Å². The van der Waals surface area contributed by atoms with E-state index in [0.29, 0.717) is 38.5 Å². The molecular weight excluding hydrogens is 1160 g/mol. The Kier molecular flexibility index (Phi) is 22.1. The number of ether oxygens (including phenoxy) is 9. The highest BCUT2D eigenvalue weighted by Crippen LogP contribution is 2.76. The van der Waals surface area contributed by atoms with E-state index in [9.17, 15) is 91.9 Å². The maximum atomic E-state index is 12.9. The molecule has 0 radical (unpaired) electrons. The molecule has 0 aromatic heterocycles. The number of hydrogen-bond donors (Lipinski definition) is 18. The van der Waals surface area contributed by atoms with Crippen molar-refractivity contribution in [3.05, 3.63) is 11.6 Å². The Hall–Kier alpha value is -1.34. The van der Waals surface area contributed by atoms with Crippen LogP contribution < -0.4 is 0 Å². The molecule has 0 aromatic rings. The molecule has 0 unspecified atom stereocenters. The van der Waals surface area contributed by atoms with Gasteiger partial charge in [0.25, 0.3) is 0 Å². The predicted molar refractivity (Wildman–Crippen MR) is 302 cm³/mol. The van der Waals surface area contributed by atoms with E-state index in [-0.39, 0.29) is 40.9 Å². The summed E-state index contributed by atoms with van der Waals surface area (Å²) in [5, 5.41) is 196. The van der Waals surface area contributed by atoms with Gasteiger partial charge < -0.3 is 135 Å². The van der Waals surface area contributed by atoms with Gasteiger partial charge in [0.15, 0.2) is 25.2 Å². The lowest BCUT2D eigenvalue weighted by atomic mass is 9.35. The van der Waals surface area contributed by atoms with Crippen LogP contribution in [0, 0.1) is 51.2 Å². The molecular formula is C61H104O27. The molecule has 0 amide bonds. The Labute approximate surface area is 513 Å². The fraction of sp³-hybridized carbons (Fsp3) is 0.967. The third-order valence-corrected chi connectivity index (χ3v) is 23.5. The molecule has 27 heteroatoms. The van der Waals surface area contributed by atoms with E-state index < -0.39 is 215 Å². The normalized spacial score (nSPS) is 52.9. The van der Waals surface area contributed by atoms with Crippen LogP contribution in [0.25, 0.3) is 0 Å². The van der Waals surface area contributed by atoms with Crippen molar-refractivity contribution < 1.29 is 135 Å². The van der Waals surface area contributed by atoms with Crippen LogP contribution in [-0.4, -0.2) is 290 Å². The van der Waals surface area contributed by atoms with E-state index in [1.165, 1.54) is 0 Å². The summed E-state index contributed by atoms with van der Waals surface area (Å²) in [6.07, 6.45) is -32.5. The standard InChI is InChI=1S/C61H104O27/c1-25(2)10-9-14-61(8,88-55-51(79)47(75)43(71)33(85-55)24-81-53-49(77)46(74)42(70)32(84-53)23-80-29-18-26(20-62)38(66)44(72)39(29)67)27-11-16-60(7)37(27)28(65)19-35-58(5)15-13-36(57(3,4)34(58)12-17-59(35,60)6)86-56-52(48(76)41(69)31(22-64)83-56)87-54-50(78)45(73)40(68)30(21-63)82-54/h10,26-56,62-79H,9,11-24H2,1-8H3/t26-,27-,28-,29-,30-,31-,32-,33-,34-,35+,36+,37-,38-,39+,40-,41-,42-,43-,44+,45+,46+,47+,48+,49-,50-,51-,52-,53-,54+,55+,56+,58+,59+,60-,61+/m1/s1. The number of aliphatic hydroxyl groups is 18. The fourth-order valence-corrected chi connectivity index (χ4v) is 18.1. The highest BCUT2D eigenvalue weighted by molar-refractivity contribution is 5.21. The average Bonchev–Trinajstić information content (AvgIpc) is 1.58. The van der Waals surface area contributed by atoms with E-state index in [0.717, 1.165) is 24.8 Å². The Bertz CT molecular complexity index is 2320. The number of allylic oxidation sites excluding steroid dienone is 2. The van der Waals surface area contributed by atoms with Crippen LogP contribution in [0.1, 0.15) is 120 Å². The topological polar surface area (TPSA) is 447 Å². The van der Waals surface area contributed by atoms with Crippen LogP contribution in [0.4, 0.5) is 0 Å². The van der Waals surface area contributed by atoms with Gasteiger partial charge in [-0.3, -0.25) is 0 Å². The average molecular weight is 1270 g/mol. The van der Waals surface area contributed by atoms with Gasteiger partial charge in [-0.15, -0.1) is 0 Å². The summed E-state index contributed by atoms with van der Waals surface area (Å²) in [5.41, 5.74) is -1.82. The molecule has 4 aliphatic heterocycles. The van der Waals surface area contributed by atoms with Gasteiger partial charge in [-0.25, -0.2) is 0 Å². The number of rotatable bonds is 19. The van der Waals surface area contributed by atoms with Gasteiger partial charge in [0.1, 0.15) is 110 Å². The summed E-state index contributed by atoms with van der Waals surface area (Å²) in [6.45, 7) is 14.0. The second kappa shape index (κ2) is 27.4. The van der Waals surface area contributed by atoms with Crippen molar-refractivity contribution in [2.45, 2.75) is 285 Å². The predicted octanol–water partition coefficient (Wildman–Crippen LogP) is -3.71. The third-order valence-electron chi connectivity index (χ3n) is 23.5. The molecule has 0 bridgehead atoms. The van der Waals surface area contributed by atoms with Gasteiger partial charge in [0.2, 0.25) is 0 Å². The molecule has 0 aromatic carbocycles. The fourth-order valence-electron chi connectivity index (χ4n) is 18.1. The van der Waals surface area contributed by atoms with Crippen LogP contribution in [-0.2, 0) is 42.6 Å². The molecule has 4 heterocycles.